The van der Waals surface area contributed by atoms with E-state index in [4.69, 9.17) is 27.6 Å². The highest BCUT2D eigenvalue weighted by Gasteiger charge is 2.11. The molecule has 1 nitrogen and oxygen atoms in total. The van der Waals surface area contributed by atoms with Gasteiger partial charge in [-0.3, -0.25) is 0 Å². The first-order chi connectivity index (χ1) is 5.70. The number of hydrogen-bond acceptors (Lipinski definition) is 1. The second kappa shape index (κ2) is 2.64. The molecule has 2 aromatic rings. The average molecular weight is 205 g/mol. The van der Waals surface area contributed by atoms with Crippen LogP contribution in [0.15, 0.2) is 22.8 Å². The molecule has 0 aliphatic rings. The minimum atomic E-state index is -0.532. The number of halogens is 3. The fourth-order valence-electron chi connectivity index (χ4n) is 1.04. The first kappa shape index (κ1) is 7.90. The molecule has 2 rings (SSSR count). The van der Waals surface area contributed by atoms with E-state index >= 15 is 0 Å². The van der Waals surface area contributed by atoms with Crippen LogP contribution < -0.4 is 0 Å². The minimum Gasteiger partial charge on any atom is -0.463 e. The molecule has 12 heavy (non-hydrogen) atoms. The van der Waals surface area contributed by atoms with Gasteiger partial charge in [0.25, 0.3) is 0 Å². The van der Waals surface area contributed by atoms with Crippen LogP contribution in [-0.4, -0.2) is 0 Å². The maximum Gasteiger partial charge on any atom is 0.154 e. The number of furan rings is 1. The molecule has 0 aliphatic heterocycles. The Kier molecular flexibility index (Phi) is 1.74. The third-order valence-corrected chi connectivity index (χ3v) is 2.25. The van der Waals surface area contributed by atoms with Gasteiger partial charge in [0.2, 0.25) is 0 Å². The molecule has 0 bridgehead atoms. The maximum absolute atomic E-state index is 12.9. The monoisotopic (exact) mass is 204 g/mol. The maximum atomic E-state index is 12.9. The van der Waals surface area contributed by atoms with Gasteiger partial charge in [0.05, 0.1) is 16.3 Å². The molecule has 0 saturated heterocycles. The van der Waals surface area contributed by atoms with Gasteiger partial charge in [-0.05, 0) is 12.1 Å². The molecule has 1 aromatic carbocycles. The van der Waals surface area contributed by atoms with Crippen molar-refractivity contribution in [3.8, 4) is 0 Å². The molecule has 0 unspecified atom stereocenters. The first-order valence-corrected chi connectivity index (χ1v) is 3.96. The zero-order chi connectivity index (χ0) is 8.72. The largest absolute Gasteiger partial charge is 0.463 e. The number of benzene rings is 1. The summed E-state index contributed by atoms with van der Waals surface area (Å²) in [5.74, 6) is -0.532. The average Bonchev–Trinajstić information content (AvgIpc) is 2.48. The van der Waals surface area contributed by atoms with Crippen LogP contribution >= 0.6 is 23.2 Å². The Balaban J connectivity index is 2.97. The van der Waals surface area contributed by atoms with Crippen molar-refractivity contribution in [2.24, 2.45) is 0 Å². The van der Waals surface area contributed by atoms with Gasteiger partial charge >= 0.3 is 0 Å². The molecule has 4 heteroatoms. The van der Waals surface area contributed by atoms with Gasteiger partial charge < -0.3 is 4.42 Å². The summed E-state index contributed by atoms with van der Waals surface area (Å²) in [5, 5.41) is 0.779. The topological polar surface area (TPSA) is 13.1 Å². The van der Waals surface area contributed by atoms with Gasteiger partial charge in [-0.25, -0.2) is 4.39 Å². The van der Waals surface area contributed by atoms with Crippen molar-refractivity contribution >= 4 is 34.2 Å². The van der Waals surface area contributed by atoms with Crippen LogP contribution in [0.5, 0.6) is 0 Å². The van der Waals surface area contributed by atoms with E-state index in [9.17, 15) is 4.39 Å². The van der Waals surface area contributed by atoms with Crippen LogP contribution in [0.25, 0.3) is 11.0 Å². The third kappa shape index (κ3) is 0.993. The fraction of sp³-hybridized carbons (Fsp3) is 0. The van der Waals surface area contributed by atoms with Crippen molar-refractivity contribution in [3.63, 3.8) is 0 Å². The third-order valence-electron chi connectivity index (χ3n) is 1.58. The molecule has 0 spiro atoms. The number of hydrogen-bond donors (Lipinski definition) is 0. The van der Waals surface area contributed by atoms with E-state index in [1.54, 1.807) is 6.07 Å². The molecular weight excluding hydrogens is 202 g/mol. The highest BCUT2D eigenvalue weighted by atomic mass is 35.5. The van der Waals surface area contributed by atoms with Gasteiger partial charge in [0.1, 0.15) is 5.82 Å². The lowest BCUT2D eigenvalue weighted by Crippen LogP contribution is -1.77. The van der Waals surface area contributed by atoms with E-state index in [2.05, 4.69) is 0 Å². The molecule has 0 fully saturated rings. The Morgan fingerprint density at radius 1 is 1.33 bits per heavy atom. The number of rotatable bonds is 0. The van der Waals surface area contributed by atoms with E-state index in [0.29, 0.717) is 11.0 Å². The molecule has 0 atom stereocenters. The van der Waals surface area contributed by atoms with E-state index in [1.807, 2.05) is 0 Å². The zero-order valence-electron chi connectivity index (χ0n) is 5.77. The molecular formula is C8H3Cl2FO. The summed E-state index contributed by atoms with van der Waals surface area (Å²) in [6.07, 6.45) is 1.42. The second-order valence-corrected chi connectivity index (χ2v) is 3.10. The lowest BCUT2D eigenvalue weighted by Gasteiger charge is -1.96. The summed E-state index contributed by atoms with van der Waals surface area (Å²) < 4.78 is 17.9. The molecule has 62 valence electrons. The highest BCUT2D eigenvalue weighted by Crippen LogP contribution is 2.32. The Morgan fingerprint density at radius 2 is 2.08 bits per heavy atom. The molecule has 1 aromatic heterocycles. The highest BCUT2D eigenvalue weighted by molar-refractivity contribution is 6.39. The minimum absolute atomic E-state index is 0.0446. The van der Waals surface area contributed by atoms with Crippen molar-refractivity contribution in [1.82, 2.24) is 0 Å². The molecule has 0 N–H and O–H groups in total. The Hall–Kier alpha value is -0.730. The summed E-state index contributed by atoms with van der Waals surface area (Å²) in [6.45, 7) is 0. The zero-order valence-corrected chi connectivity index (χ0v) is 7.29. The normalized spacial score (nSPS) is 10.9. The second-order valence-electron chi connectivity index (χ2n) is 2.32. The summed E-state index contributed by atoms with van der Waals surface area (Å²) in [4.78, 5) is 0. The predicted molar refractivity (Wildman–Crippen MR) is 46.2 cm³/mol. The van der Waals surface area contributed by atoms with Crippen LogP contribution in [0.1, 0.15) is 0 Å². The van der Waals surface area contributed by atoms with Gasteiger partial charge in [0.15, 0.2) is 5.58 Å². The van der Waals surface area contributed by atoms with E-state index in [-0.39, 0.29) is 10.0 Å². The van der Waals surface area contributed by atoms with E-state index in [0.717, 1.165) is 6.07 Å². The molecule has 1 heterocycles. The van der Waals surface area contributed by atoms with Crippen molar-refractivity contribution in [2.75, 3.05) is 0 Å². The lowest BCUT2D eigenvalue weighted by atomic mass is 10.2. The standard InChI is InChI=1S/C8H3Cl2FO/c9-5-3-6(11)7(10)4-1-2-12-8(4)5/h1-3H. The van der Waals surface area contributed by atoms with Crippen LogP contribution in [-0.2, 0) is 0 Å². The number of fused-ring (bicyclic) bond motifs is 1. The van der Waals surface area contributed by atoms with Crippen molar-refractivity contribution < 1.29 is 8.81 Å². The molecule has 0 aliphatic carbocycles. The fourth-order valence-corrected chi connectivity index (χ4v) is 1.48. The SMILES string of the molecule is Fc1cc(Cl)c2occc2c1Cl. The summed E-state index contributed by atoms with van der Waals surface area (Å²) in [7, 11) is 0. The van der Waals surface area contributed by atoms with Gasteiger partial charge in [-0.2, -0.15) is 0 Å². The van der Waals surface area contributed by atoms with Crippen LogP contribution in [0.3, 0.4) is 0 Å². The van der Waals surface area contributed by atoms with Crippen LogP contribution in [0.2, 0.25) is 10.0 Å². The van der Waals surface area contributed by atoms with Gasteiger partial charge in [0, 0.05) is 5.39 Å². The van der Waals surface area contributed by atoms with Crippen LogP contribution in [0, 0.1) is 5.82 Å². The quantitative estimate of drug-likeness (QED) is 0.594. The van der Waals surface area contributed by atoms with Crippen molar-refractivity contribution in [2.45, 2.75) is 0 Å². The Labute approximate surface area is 77.7 Å². The summed E-state index contributed by atoms with van der Waals surface area (Å²) in [5.41, 5.74) is 0.420. The predicted octanol–water partition coefficient (Wildman–Crippen LogP) is 3.88. The molecule has 0 amide bonds. The summed E-state index contributed by atoms with van der Waals surface area (Å²) >= 11 is 11.3. The van der Waals surface area contributed by atoms with Crippen molar-refractivity contribution in [3.05, 3.63) is 34.3 Å². The van der Waals surface area contributed by atoms with Gasteiger partial charge in [-0.15, -0.1) is 0 Å². The van der Waals surface area contributed by atoms with Crippen molar-refractivity contribution in [1.29, 1.82) is 0 Å². The first-order valence-electron chi connectivity index (χ1n) is 3.21. The smallest absolute Gasteiger partial charge is 0.154 e. The molecule has 0 radical (unpaired) electrons. The Bertz CT molecular complexity index is 436. The van der Waals surface area contributed by atoms with E-state index in [1.165, 1.54) is 6.26 Å². The Morgan fingerprint density at radius 3 is 2.83 bits per heavy atom. The lowest BCUT2D eigenvalue weighted by molar-refractivity contribution is 0.610. The van der Waals surface area contributed by atoms with Gasteiger partial charge in [-0.1, -0.05) is 23.2 Å². The summed E-state index contributed by atoms with van der Waals surface area (Å²) in [6, 6.07) is 2.71. The van der Waals surface area contributed by atoms with Crippen LogP contribution in [0.4, 0.5) is 4.39 Å². The molecule has 0 saturated carbocycles. The van der Waals surface area contributed by atoms with E-state index < -0.39 is 5.82 Å².